The summed E-state index contributed by atoms with van der Waals surface area (Å²) in [5.74, 6) is -0.512. The Bertz CT molecular complexity index is 490. The predicted octanol–water partition coefficient (Wildman–Crippen LogP) is 1.00. The number of hydrogen-bond acceptors (Lipinski definition) is 4. The van der Waals surface area contributed by atoms with Crippen LogP contribution in [0, 0.1) is 0 Å². The van der Waals surface area contributed by atoms with Crippen molar-refractivity contribution in [1.82, 2.24) is 5.32 Å². The number of benzene rings is 1. The number of rotatable bonds is 6. The van der Waals surface area contributed by atoms with Crippen LogP contribution in [0.15, 0.2) is 18.2 Å². The van der Waals surface area contributed by atoms with Crippen LogP contribution in [-0.4, -0.2) is 38.6 Å². The summed E-state index contributed by atoms with van der Waals surface area (Å²) in [5, 5.41) is 5.43. The third-order valence-electron chi connectivity index (χ3n) is 2.73. The van der Waals surface area contributed by atoms with Crippen molar-refractivity contribution >= 4 is 29.1 Å². The molecule has 0 radical (unpaired) electrons. The van der Waals surface area contributed by atoms with Crippen molar-refractivity contribution in [3.8, 4) is 0 Å². The van der Waals surface area contributed by atoms with E-state index in [1.54, 1.807) is 12.1 Å². The second-order valence-corrected chi connectivity index (χ2v) is 4.53. The zero-order chi connectivity index (χ0) is 15.1. The fourth-order valence-electron chi connectivity index (χ4n) is 1.59. The van der Waals surface area contributed by atoms with Crippen LogP contribution in [-0.2, 0) is 9.53 Å². The molecule has 0 spiro atoms. The van der Waals surface area contributed by atoms with Gasteiger partial charge in [0.1, 0.15) is 0 Å². The van der Waals surface area contributed by atoms with Crippen LogP contribution in [0.3, 0.4) is 0 Å². The first-order valence-corrected chi connectivity index (χ1v) is 6.44. The van der Waals surface area contributed by atoms with Gasteiger partial charge in [-0.25, -0.2) is 0 Å². The number of carbonyl (C=O) groups excluding carboxylic acids is 2. The summed E-state index contributed by atoms with van der Waals surface area (Å²) in [7, 11) is 3.02. The molecule has 0 aliphatic carbocycles. The Morgan fingerprint density at radius 1 is 1.45 bits per heavy atom. The van der Waals surface area contributed by atoms with E-state index in [-0.39, 0.29) is 35.9 Å². The summed E-state index contributed by atoms with van der Waals surface area (Å²) in [6, 6.07) is 4.68. The molecule has 7 heteroatoms. The van der Waals surface area contributed by atoms with E-state index in [1.807, 2.05) is 0 Å². The van der Waals surface area contributed by atoms with Crippen LogP contribution in [0.2, 0.25) is 5.02 Å². The summed E-state index contributed by atoms with van der Waals surface area (Å²) >= 11 is 5.99. The number of ether oxygens (including phenoxy) is 1. The molecular weight excluding hydrogens is 282 g/mol. The van der Waals surface area contributed by atoms with Crippen molar-refractivity contribution in [2.75, 3.05) is 26.0 Å². The van der Waals surface area contributed by atoms with Gasteiger partial charge >= 0.3 is 0 Å². The third-order valence-corrected chi connectivity index (χ3v) is 3.05. The number of hydrogen-bond donors (Lipinski definition) is 3. The Kier molecular flexibility index (Phi) is 6.44. The van der Waals surface area contributed by atoms with Gasteiger partial charge in [0, 0.05) is 26.4 Å². The molecule has 1 rings (SSSR count). The second-order valence-electron chi connectivity index (χ2n) is 4.12. The normalized spacial score (nSPS) is 11.8. The summed E-state index contributed by atoms with van der Waals surface area (Å²) in [4.78, 5) is 23.2. The first kappa shape index (κ1) is 16.4. The molecule has 0 heterocycles. The molecule has 2 amide bonds. The van der Waals surface area contributed by atoms with Gasteiger partial charge in [-0.05, 0) is 18.2 Å². The van der Waals surface area contributed by atoms with Gasteiger partial charge in [0.2, 0.25) is 5.91 Å². The molecular formula is C13H18ClN3O3. The molecule has 0 aromatic heterocycles. The highest BCUT2D eigenvalue weighted by molar-refractivity contribution is 6.34. The van der Waals surface area contributed by atoms with Crippen LogP contribution in [0.5, 0.6) is 0 Å². The molecule has 0 fully saturated rings. The van der Waals surface area contributed by atoms with E-state index in [0.717, 1.165) is 0 Å². The van der Waals surface area contributed by atoms with Crippen molar-refractivity contribution in [1.29, 1.82) is 0 Å². The summed E-state index contributed by atoms with van der Waals surface area (Å²) in [6.45, 7) is 0.264. The van der Waals surface area contributed by atoms with Crippen LogP contribution in [0.25, 0.3) is 0 Å². The number of anilines is 1. The van der Waals surface area contributed by atoms with E-state index in [4.69, 9.17) is 22.1 Å². The molecule has 110 valence electrons. The van der Waals surface area contributed by atoms with Gasteiger partial charge in [-0.2, -0.15) is 0 Å². The lowest BCUT2D eigenvalue weighted by atomic mass is 10.2. The maximum absolute atomic E-state index is 11.8. The highest BCUT2D eigenvalue weighted by atomic mass is 35.5. The van der Waals surface area contributed by atoms with Crippen molar-refractivity contribution in [3.05, 3.63) is 28.8 Å². The maximum atomic E-state index is 11.8. The SMILES string of the molecule is CNC(=O)c1ccc(NC(=O)CC(CN)OC)cc1Cl. The largest absolute Gasteiger partial charge is 0.380 e. The topological polar surface area (TPSA) is 93.5 Å². The molecule has 0 aliphatic heterocycles. The standard InChI is InChI=1S/C13H18ClN3O3/c1-16-13(19)10-4-3-8(5-11(10)14)17-12(18)6-9(7-15)20-2/h3-5,9H,6-7,15H2,1-2H3,(H,16,19)(H,17,18). The van der Waals surface area contributed by atoms with E-state index in [0.29, 0.717) is 11.3 Å². The zero-order valence-electron chi connectivity index (χ0n) is 11.4. The number of halogens is 1. The quantitative estimate of drug-likeness (QED) is 0.730. The Morgan fingerprint density at radius 3 is 2.65 bits per heavy atom. The zero-order valence-corrected chi connectivity index (χ0v) is 12.2. The van der Waals surface area contributed by atoms with Crippen molar-refractivity contribution in [3.63, 3.8) is 0 Å². The average molecular weight is 300 g/mol. The monoisotopic (exact) mass is 299 g/mol. The molecule has 1 atom stereocenters. The van der Waals surface area contributed by atoms with Gasteiger partial charge < -0.3 is 21.1 Å². The molecule has 20 heavy (non-hydrogen) atoms. The minimum Gasteiger partial charge on any atom is -0.380 e. The highest BCUT2D eigenvalue weighted by Gasteiger charge is 2.13. The second kappa shape index (κ2) is 7.84. The predicted molar refractivity (Wildman–Crippen MR) is 77.9 cm³/mol. The van der Waals surface area contributed by atoms with E-state index >= 15 is 0 Å². The smallest absolute Gasteiger partial charge is 0.252 e. The minimum atomic E-state index is -0.324. The Balaban J connectivity index is 2.72. The van der Waals surface area contributed by atoms with Crippen molar-refractivity contribution < 1.29 is 14.3 Å². The lowest BCUT2D eigenvalue weighted by Gasteiger charge is -2.13. The molecule has 0 saturated heterocycles. The minimum absolute atomic E-state index is 0.155. The lowest BCUT2D eigenvalue weighted by Crippen LogP contribution is -2.28. The first-order chi connectivity index (χ1) is 9.51. The van der Waals surface area contributed by atoms with Gasteiger partial charge in [0.25, 0.3) is 5.91 Å². The van der Waals surface area contributed by atoms with Gasteiger partial charge in [0.05, 0.1) is 23.1 Å². The number of nitrogens with one attached hydrogen (secondary N) is 2. The van der Waals surface area contributed by atoms with E-state index in [1.165, 1.54) is 20.2 Å². The van der Waals surface area contributed by atoms with E-state index in [2.05, 4.69) is 10.6 Å². The van der Waals surface area contributed by atoms with Crippen molar-refractivity contribution in [2.45, 2.75) is 12.5 Å². The number of amides is 2. The Labute approximate surface area is 122 Å². The van der Waals surface area contributed by atoms with Crippen LogP contribution < -0.4 is 16.4 Å². The molecule has 0 bridgehead atoms. The van der Waals surface area contributed by atoms with Gasteiger partial charge in [-0.15, -0.1) is 0 Å². The fourth-order valence-corrected chi connectivity index (χ4v) is 1.86. The van der Waals surface area contributed by atoms with E-state index < -0.39 is 0 Å². The average Bonchev–Trinajstić information content (AvgIpc) is 2.44. The summed E-state index contributed by atoms with van der Waals surface area (Å²) in [6.07, 6.45) is -0.169. The third kappa shape index (κ3) is 4.48. The van der Waals surface area contributed by atoms with Crippen LogP contribution in [0.1, 0.15) is 16.8 Å². The summed E-state index contributed by atoms with van der Waals surface area (Å²) in [5.41, 5.74) is 6.31. The molecule has 0 aliphatic rings. The van der Waals surface area contributed by atoms with Crippen LogP contribution in [0.4, 0.5) is 5.69 Å². The molecule has 1 unspecified atom stereocenters. The fraction of sp³-hybridized carbons (Fsp3) is 0.385. The number of methoxy groups -OCH3 is 1. The number of nitrogens with two attached hydrogens (primary N) is 1. The molecule has 6 nitrogen and oxygen atoms in total. The van der Waals surface area contributed by atoms with Gasteiger partial charge in [-0.3, -0.25) is 9.59 Å². The van der Waals surface area contributed by atoms with Crippen LogP contribution >= 0.6 is 11.6 Å². The molecule has 1 aromatic rings. The lowest BCUT2D eigenvalue weighted by molar-refractivity contribution is -0.118. The van der Waals surface area contributed by atoms with Crippen molar-refractivity contribution in [2.24, 2.45) is 5.73 Å². The summed E-state index contributed by atoms with van der Waals surface area (Å²) < 4.78 is 5.03. The Hall–Kier alpha value is -1.63. The first-order valence-electron chi connectivity index (χ1n) is 6.06. The highest BCUT2D eigenvalue weighted by Crippen LogP contribution is 2.21. The molecule has 4 N–H and O–H groups in total. The molecule has 1 aromatic carbocycles. The maximum Gasteiger partial charge on any atom is 0.252 e. The van der Waals surface area contributed by atoms with Gasteiger partial charge in [0.15, 0.2) is 0 Å². The molecule has 0 saturated carbocycles. The van der Waals surface area contributed by atoms with E-state index in [9.17, 15) is 9.59 Å². The Morgan fingerprint density at radius 2 is 2.15 bits per heavy atom. The van der Waals surface area contributed by atoms with Gasteiger partial charge in [-0.1, -0.05) is 11.6 Å². The number of carbonyl (C=O) groups is 2.